The van der Waals surface area contributed by atoms with Crippen molar-refractivity contribution in [3.8, 4) is 0 Å². The first-order valence-corrected chi connectivity index (χ1v) is 9.60. The molecule has 0 aliphatic heterocycles. The van der Waals surface area contributed by atoms with Gasteiger partial charge in [0, 0.05) is 38.3 Å². The average molecular weight is 433 g/mol. The fourth-order valence-electron chi connectivity index (χ4n) is 2.32. The molecule has 2 rings (SSSR count). The Labute approximate surface area is 169 Å². The number of hydrogen-bond donors (Lipinski definition) is 0. The molecule has 0 saturated heterocycles. The second kappa shape index (κ2) is 9.25. The molecule has 2 aromatic rings. The third-order valence-corrected chi connectivity index (χ3v) is 5.01. The van der Waals surface area contributed by atoms with Gasteiger partial charge in [-0.05, 0) is 19.9 Å². The van der Waals surface area contributed by atoms with Gasteiger partial charge in [0.25, 0.3) is 0 Å². The van der Waals surface area contributed by atoms with Crippen molar-refractivity contribution in [2.45, 2.75) is 26.6 Å². The van der Waals surface area contributed by atoms with Gasteiger partial charge in [-0.15, -0.1) is 11.3 Å². The molecule has 12 heteroatoms. The first-order valence-electron chi connectivity index (χ1n) is 8.72. The highest BCUT2D eigenvalue weighted by atomic mass is 32.1. The van der Waals surface area contributed by atoms with E-state index in [1.54, 1.807) is 31.3 Å². The largest absolute Gasteiger partial charge is 0.461 e. The van der Waals surface area contributed by atoms with Crippen LogP contribution in [0.4, 0.5) is 18.3 Å². The topological polar surface area (TPSA) is 80.6 Å². The number of ether oxygens (including phenoxy) is 1. The van der Waals surface area contributed by atoms with Crippen LogP contribution in [0.2, 0.25) is 0 Å². The molecule has 0 aliphatic carbocycles. The molecule has 0 radical (unpaired) electrons. The van der Waals surface area contributed by atoms with Crippen LogP contribution in [-0.4, -0.2) is 65.3 Å². The molecule has 0 atom stereocenters. The Morgan fingerprint density at radius 2 is 1.97 bits per heavy atom. The minimum atomic E-state index is -4.55. The molecule has 29 heavy (non-hydrogen) atoms. The predicted octanol–water partition coefficient (Wildman–Crippen LogP) is 2.44. The smallest absolute Gasteiger partial charge is 0.435 e. The summed E-state index contributed by atoms with van der Waals surface area (Å²) in [6.07, 6.45) is -4.55. The van der Waals surface area contributed by atoms with E-state index < -0.39 is 17.8 Å². The van der Waals surface area contributed by atoms with Crippen molar-refractivity contribution in [1.29, 1.82) is 0 Å². The summed E-state index contributed by atoms with van der Waals surface area (Å²) < 4.78 is 44.1. The van der Waals surface area contributed by atoms with Crippen LogP contribution < -0.4 is 4.90 Å². The van der Waals surface area contributed by atoms with Crippen molar-refractivity contribution in [3.63, 3.8) is 0 Å². The Morgan fingerprint density at radius 1 is 1.28 bits per heavy atom. The fourth-order valence-corrected chi connectivity index (χ4v) is 3.10. The van der Waals surface area contributed by atoms with E-state index in [1.165, 1.54) is 23.2 Å². The Morgan fingerprint density at radius 3 is 2.55 bits per heavy atom. The number of carbonyl (C=O) groups is 2. The number of nitrogens with zero attached hydrogens (tertiary/aromatic N) is 5. The van der Waals surface area contributed by atoms with E-state index in [2.05, 4.69) is 10.1 Å². The van der Waals surface area contributed by atoms with Gasteiger partial charge < -0.3 is 14.5 Å². The molecule has 0 saturated carbocycles. The van der Waals surface area contributed by atoms with Gasteiger partial charge in [0.2, 0.25) is 5.91 Å². The standard InChI is InChI=1S/C17H22F3N5O3S/c1-5-28-15(27)12-10-29-16(21-12)24(4)7-6-23(3)14(26)9-25-11(2)8-13(22-25)17(18,19)20/h8,10H,5-7,9H2,1-4H3. The molecular weight excluding hydrogens is 411 g/mol. The number of esters is 1. The minimum absolute atomic E-state index is 0.220. The van der Waals surface area contributed by atoms with Gasteiger partial charge in [-0.25, -0.2) is 9.78 Å². The van der Waals surface area contributed by atoms with Gasteiger partial charge in [-0.2, -0.15) is 18.3 Å². The van der Waals surface area contributed by atoms with Crippen LogP contribution in [0.25, 0.3) is 0 Å². The monoisotopic (exact) mass is 433 g/mol. The van der Waals surface area contributed by atoms with Crippen LogP contribution in [0.15, 0.2) is 11.4 Å². The maximum atomic E-state index is 12.7. The number of thiazole rings is 1. The number of carbonyl (C=O) groups excluding carboxylic acids is 2. The molecule has 0 aliphatic rings. The van der Waals surface area contributed by atoms with Crippen LogP contribution in [-0.2, 0) is 22.3 Å². The lowest BCUT2D eigenvalue weighted by atomic mass is 10.3. The molecule has 0 unspecified atom stereocenters. The third kappa shape index (κ3) is 5.92. The number of aryl methyl sites for hydroxylation is 1. The second-order valence-corrected chi connectivity index (χ2v) is 7.14. The highest BCUT2D eigenvalue weighted by molar-refractivity contribution is 7.13. The molecule has 0 N–H and O–H groups in total. The Hall–Kier alpha value is -2.63. The van der Waals surface area contributed by atoms with Crippen molar-refractivity contribution in [2.24, 2.45) is 0 Å². The van der Waals surface area contributed by atoms with E-state index in [9.17, 15) is 22.8 Å². The number of rotatable bonds is 8. The first-order chi connectivity index (χ1) is 13.5. The summed E-state index contributed by atoms with van der Waals surface area (Å²) in [5.41, 5.74) is -0.547. The fraction of sp³-hybridized carbons (Fsp3) is 0.529. The van der Waals surface area contributed by atoms with Gasteiger partial charge in [0.15, 0.2) is 16.5 Å². The molecule has 160 valence electrons. The lowest BCUT2D eigenvalue weighted by Gasteiger charge is -2.22. The molecule has 8 nitrogen and oxygen atoms in total. The number of halogens is 3. The summed E-state index contributed by atoms with van der Waals surface area (Å²) >= 11 is 1.27. The maximum absolute atomic E-state index is 12.7. The molecule has 0 bridgehead atoms. The average Bonchev–Trinajstić information content (AvgIpc) is 3.27. The van der Waals surface area contributed by atoms with E-state index in [4.69, 9.17) is 4.74 Å². The molecule has 1 amide bonds. The van der Waals surface area contributed by atoms with Crippen LogP contribution in [0.3, 0.4) is 0 Å². The van der Waals surface area contributed by atoms with Crippen molar-refractivity contribution >= 4 is 28.3 Å². The molecule has 0 fully saturated rings. The van der Waals surface area contributed by atoms with Crippen molar-refractivity contribution < 1.29 is 27.5 Å². The summed E-state index contributed by atoms with van der Waals surface area (Å²) in [7, 11) is 3.32. The van der Waals surface area contributed by atoms with Crippen molar-refractivity contribution in [3.05, 3.63) is 28.5 Å². The van der Waals surface area contributed by atoms with Gasteiger partial charge in [-0.1, -0.05) is 0 Å². The van der Waals surface area contributed by atoms with Crippen LogP contribution in [0, 0.1) is 6.92 Å². The van der Waals surface area contributed by atoms with E-state index in [0.29, 0.717) is 18.2 Å². The zero-order valence-electron chi connectivity index (χ0n) is 16.5. The van der Waals surface area contributed by atoms with Crippen LogP contribution in [0.1, 0.15) is 28.8 Å². The van der Waals surface area contributed by atoms with Crippen molar-refractivity contribution in [1.82, 2.24) is 19.7 Å². The zero-order valence-corrected chi connectivity index (χ0v) is 17.3. The Kier molecular flexibility index (Phi) is 7.22. The first kappa shape index (κ1) is 22.7. The maximum Gasteiger partial charge on any atom is 0.435 e. The number of hydrogen-bond acceptors (Lipinski definition) is 7. The normalized spacial score (nSPS) is 11.4. The van der Waals surface area contributed by atoms with Crippen LogP contribution >= 0.6 is 11.3 Å². The highest BCUT2D eigenvalue weighted by Gasteiger charge is 2.34. The summed E-state index contributed by atoms with van der Waals surface area (Å²) in [5, 5.41) is 5.65. The summed E-state index contributed by atoms with van der Waals surface area (Å²) in [6, 6.07) is 0.907. The third-order valence-electron chi connectivity index (χ3n) is 4.06. The van der Waals surface area contributed by atoms with E-state index in [0.717, 1.165) is 10.7 Å². The molecule has 2 heterocycles. The number of alkyl halides is 3. The van der Waals surface area contributed by atoms with Gasteiger partial charge in [0.1, 0.15) is 6.54 Å². The van der Waals surface area contributed by atoms with E-state index in [1.807, 2.05) is 0 Å². The number of anilines is 1. The van der Waals surface area contributed by atoms with Gasteiger partial charge in [-0.3, -0.25) is 9.48 Å². The number of amides is 1. The summed E-state index contributed by atoms with van der Waals surface area (Å²) in [4.78, 5) is 31.4. The van der Waals surface area contributed by atoms with Gasteiger partial charge in [0.05, 0.1) is 6.61 Å². The SMILES string of the molecule is CCOC(=O)c1csc(N(C)CCN(C)C(=O)Cn2nc(C(F)(F)F)cc2C)n1. The zero-order chi connectivity index (χ0) is 21.8. The van der Waals surface area contributed by atoms with Crippen LogP contribution in [0.5, 0.6) is 0 Å². The van der Waals surface area contributed by atoms with Gasteiger partial charge >= 0.3 is 12.1 Å². The summed E-state index contributed by atoms with van der Waals surface area (Å²) in [5.74, 6) is -0.867. The molecule has 0 spiro atoms. The quantitative estimate of drug-likeness (QED) is 0.595. The molecule has 0 aromatic carbocycles. The lowest BCUT2D eigenvalue weighted by Crippen LogP contribution is -2.37. The van der Waals surface area contributed by atoms with E-state index in [-0.39, 0.29) is 30.4 Å². The predicted molar refractivity (Wildman–Crippen MR) is 101 cm³/mol. The minimum Gasteiger partial charge on any atom is -0.461 e. The lowest BCUT2D eigenvalue weighted by molar-refractivity contribution is -0.142. The Balaban J connectivity index is 1.90. The highest BCUT2D eigenvalue weighted by Crippen LogP contribution is 2.28. The number of aromatic nitrogens is 3. The Bertz CT molecular complexity index is 865. The summed E-state index contributed by atoms with van der Waals surface area (Å²) in [6.45, 7) is 3.88. The number of likely N-dealkylation sites (N-methyl/N-ethyl adjacent to an activating group) is 2. The van der Waals surface area contributed by atoms with Crippen molar-refractivity contribution in [2.75, 3.05) is 38.7 Å². The molecule has 2 aromatic heterocycles. The second-order valence-electron chi connectivity index (χ2n) is 6.30. The van der Waals surface area contributed by atoms with E-state index >= 15 is 0 Å². The molecular formula is C17H22F3N5O3S.